The monoisotopic (exact) mass is 1590 g/mol. The van der Waals surface area contributed by atoms with Crippen LogP contribution in [0, 0.1) is 26.8 Å². The molecular formula is C94H156FN19O. The highest BCUT2D eigenvalue weighted by Crippen LogP contribution is 2.27. The highest BCUT2D eigenvalue weighted by molar-refractivity contribution is 5.32. The van der Waals surface area contributed by atoms with Crippen molar-refractivity contribution in [3.63, 3.8) is 0 Å². The molecule has 1 saturated heterocycles. The van der Waals surface area contributed by atoms with Crippen molar-refractivity contribution >= 4 is 5.95 Å². The van der Waals surface area contributed by atoms with Crippen LogP contribution >= 0.6 is 0 Å². The van der Waals surface area contributed by atoms with E-state index in [4.69, 9.17) is 4.74 Å². The third kappa shape index (κ3) is 46.1. The van der Waals surface area contributed by atoms with Crippen molar-refractivity contribution in [3.05, 3.63) is 234 Å². The molecule has 11 rings (SSSR count). The Hall–Kier alpha value is -9.40. The van der Waals surface area contributed by atoms with E-state index in [0.29, 0.717) is 11.4 Å². The number of halogens is 1. The SMILES string of the molecule is C.C.C.C.C.CC(C)(C)c1cc[nH]c1.CC(C)(C)c1cccnc1.CC(C)(C)c1cnc(F)nc1.CC(C)(C)c1cnc(N2CCCC2)nc1.CC(C)(C)c1cncnc1.CC(C)(C)c1ncccn1.COc1ncc(C(C)(C)C)cn1.Cc1ncc(C(C)(C)C)cn1.Cc1ncc(C(C)(C)C)cn1.Cc1ncc(C(C)(C)C)cn1. The Kier molecular flexibility index (Phi) is 48.8. The number of pyridine rings is 1. The summed E-state index contributed by atoms with van der Waals surface area (Å²) in [5, 5.41) is 0. The van der Waals surface area contributed by atoms with E-state index in [0.717, 1.165) is 53.5 Å². The van der Waals surface area contributed by atoms with Gasteiger partial charge in [0.25, 0.3) is 0 Å². The smallest absolute Gasteiger partial charge is 0.316 e. The Balaban J connectivity index is -0.000000594. The minimum Gasteiger partial charge on any atom is -0.467 e. The van der Waals surface area contributed by atoms with Crippen molar-refractivity contribution < 1.29 is 9.13 Å². The van der Waals surface area contributed by atoms with Crippen molar-refractivity contribution in [3.8, 4) is 6.01 Å². The van der Waals surface area contributed by atoms with Crippen LogP contribution in [0.1, 0.15) is 331 Å². The van der Waals surface area contributed by atoms with Crippen molar-refractivity contribution in [2.75, 3.05) is 25.1 Å². The minimum atomic E-state index is -0.669. The molecule has 0 aliphatic carbocycles. The van der Waals surface area contributed by atoms with Gasteiger partial charge in [-0.25, -0.2) is 79.7 Å². The summed E-state index contributed by atoms with van der Waals surface area (Å²) in [5.74, 6) is 4.28. The first-order valence-corrected chi connectivity index (χ1v) is 37.9. The highest BCUT2D eigenvalue weighted by Gasteiger charge is 2.22. The molecule has 0 atom stereocenters. The first-order valence-electron chi connectivity index (χ1n) is 37.9. The second-order valence-electron chi connectivity index (χ2n) is 37.3. The highest BCUT2D eigenvalue weighted by atomic mass is 19.1. The number of hydrogen-bond donors (Lipinski definition) is 1. The lowest BCUT2D eigenvalue weighted by atomic mass is 9.88. The van der Waals surface area contributed by atoms with Crippen molar-refractivity contribution in [1.29, 1.82) is 0 Å². The molecule has 1 aliphatic rings. The number of rotatable bonds is 2. The number of ether oxygens (including phenoxy) is 1. The number of aromatic amines is 1. The molecule has 1 aliphatic heterocycles. The molecule has 115 heavy (non-hydrogen) atoms. The molecule has 11 heterocycles. The maximum atomic E-state index is 12.3. The molecule has 10 aromatic heterocycles. The molecule has 0 radical (unpaired) electrons. The van der Waals surface area contributed by atoms with E-state index in [1.807, 2.05) is 134 Å². The third-order valence-corrected chi connectivity index (χ3v) is 16.7. The molecule has 1 N–H and O–H groups in total. The summed E-state index contributed by atoms with van der Waals surface area (Å²) in [5.41, 5.74) is 12.1. The van der Waals surface area contributed by atoms with Crippen LogP contribution in [0.3, 0.4) is 0 Å². The van der Waals surface area contributed by atoms with E-state index in [-0.39, 0.29) is 85.9 Å². The Morgan fingerprint density at radius 1 is 0.313 bits per heavy atom. The van der Waals surface area contributed by atoms with Crippen LogP contribution in [0.4, 0.5) is 10.3 Å². The van der Waals surface area contributed by atoms with E-state index in [9.17, 15) is 4.39 Å². The van der Waals surface area contributed by atoms with Crippen LogP contribution in [-0.4, -0.2) is 110 Å². The van der Waals surface area contributed by atoms with Crippen LogP contribution < -0.4 is 9.64 Å². The van der Waals surface area contributed by atoms with E-state index in [2.05, 4.69) is 294 Å². The molecule has 0 aromatic carbocycles. The number of aromatic nitrogens is 18. The topological polar surface area (TPSA) is 247 Å². The molecule has 1 fully saturated rings. The standard InChI is InChI=1S/C12H19N3.C9H14N2O.3C9H14N2.C9H13N.C8H11FN2.2C8H12N2.C8H13N.5CH4/c1-12(2,3)10-8-13-11(14-9-10)15-6-4-5-7-15;1-9(2,3)7-5-10-8(12-4)11-6-7;3*1-7-10-5-8(6-11-7)9(2,3)4;1-9(2,3)8-5-4-6-10-7-8;1-8(2,3)6-4-10-7(9)11-5-6;1-8(2,3)7-4-9-6-10-5-7;1-8(2,3)7-9-5-4-6-10-7;1-8(2,3)7-4-5-9-6-7;;;;;/h8-9H,4-7H2,1-3H3;5-6H,1-4H3;3*5-6H,1-4H3;4-7H,1-3H3;4-5H,1-3H3;2*4-6H,1-3H3;4-6,9H,1-3H3;5*1H4. The second kappa shape index (κ2) is 50.2. The van der Waals surface area contributed by atoms with Crippen LogP contribution in [-0.2, 0) is 54.1 Å². The fourth-order valence-corrected chi connectivity index (χ4v) is 8.61. The second-order valence-corrected chi connectivity index (χ2v) is 37.3. The van der Waals surface area contributed by atoms with Gasteiger partial charge in [0.15, 0.2) is 0 Å². The molecule has 640 valence electrons. The van der Waals surface area contributed by atoms with E-state index < -0.39 is 6.08 Å². The molecule has 0 bridgehead atoms. The van der Waals surface area contributed by atoms with Crippen molar-refractivity contribution in [2.24, 2.45) is 0 Å². The van der Waals surface area contributed by atoms with Crippen molar-refractivity contribution in [2.45, 2.75) is 333 Å². The van der Waals surface area contributed by atoms with Gasteiger partial charge in [-0.15, -0.1) is 0 Å². The largest absolute Gasteiger partial charge is 0.467 e. The Morgan fingerprint density at radius 2 is 0.600 bits per heavy atom. The number of methoxy groups -OCH3 is 1. The fraction of sp³-hybridized carbons (Fsp3) is 0.564. The quantitative estimate of drug-likeness (QED) is 0.158. The first-order chi connectivity index (χ1) is 50.5. The Labute approximate surface area is 698 Å². The van der Waals surface area contributed by atoms with Crippen LogP contribution in [0.2, 0.25) is 0 Å². The van der Waals surface area contributed by atoms with E-state index in [1.54, 1.807) is 44.4 Å². The van der Waals surface area contributed by atoms with E-state index >= 15 is 0 Å². The molecule has 0 unspecified atom stereocenters. The van der Waals surface area contributed by atoms with Crippen molar-refractivity contribution in [1.82, 2.24) is 89.7 Å². The van der Waals surface area contributed by atoms with Gasteiger partial charge in [-0.2, -0.15) is 4.39 Å². The third-order valence-electron chi connectivity index (χ3n) is 16.7. The van der Waals surface area contributed by atoms with Gasteiger partial charge in [0, 0.05) is 142 Å². The Morgan fingerprint density at radius 3 is 0.835 bits per heavy atom. The summed E-state index contributed by atoms with van der Waals surface area (Å²) in [4.78, 5) is 74.2. The number of nitrogens with one attached hydrogen (secondary N) is 1. The summed E-state index contributed by atoms with van der Waals surface area (Å²) < 4.78 is 17.1. The lowest BCUT2D eigenvalue weighted by Gasteiger charge is -2.20. The van der Waals surface area contributed by atoms with Gasteiger partial charge in [-0.05, 0) is 151 Å². The minimum absolute atomic E-state index is 0. The maximum Gasteiger partial charge on any atom is 0.316 e. The van der Waals surface area contributed by atoms with Crippen LogP contribution in [0.25, 0.3) is 0 Å². The summed E-state index contributed by atoms with van der Waals surface area (Å²) in [6.45, 7) is 72.2. The molecule has 0 spiro atoms. The first kappa shape index (κ1) is 112. The average Bonchev–Trinajstić information content (AvgIpc) is 1.75. The van der Waals surface area contributed by atoms with Crippen LogP contribution in [0.5, 0.6) is 6.01 Å². The molecule has 10 aromatic rings. The lowest BCUT2D eigenvalue weighted by Crippen LogP contribution is -2.21. The summed E-state index contributed by atoms with van der Waals surface area (Å²) in [6.07, 6.45) is 40.3. The number of H-pyrrole nitrogens is 1. The van der Waals surface area contributed by atoms with Gasteiger partial charge in [-0.3, -0.25) is 4.98 Å². The number of nitrogens with zero attached hydrogens (tertiary/aromatic N) is 18. The summed E-state index contributed by atoms with van der Waals surface area (Å²) in [6, 6.07) is 8.44. The van der Waals surface area contributed by atoms with Gasteiger partial charge < -0.3 is 14.6 Å². The van der Waals surface area contributed by atoms with Gasteiger partial charge in [0.1, 0.15) is 29.6 Å². The molecule has 21 heteroatoms. The van der Waals surface area contributed by atoms with Gasteiger partial charge >= 0.3 is 12.1 Å². The molecule has 0 amide bonds. The summed E-state index contributed by atoms with van der Waals surface area (Å²) in [7, 11) is 1.56. The normalized spacial score (nSPS) is 11.8. The summed E-state index contributed by atoms with van der Waals surface area (Å²) >= 11 is 0. The van der Waals surface area contributed by atoms with Crippen LogP contribution in [0.15, 0.2) is 155 Å². The van der Waals surface area contributed by atoms with E-state index in [1.165, 1.54) is 64.2 Å². The number of aryl methyl sites for hydroxylation is 3. The zero-order valence-corrected chi connectivity index (χ0v) is 73.6. The van der Waals surface area contributed by atoms with Gasteiger partial charge in [0.05, 0.1) is 7.11 Å². The predicted octanol–water partition coefficient (Wildman–Crippen LogP) is 23.7. The zero-order valence-electron chi connectivity index (χ0n) is 73.6. The Bertz CT molecular complexity index is 3720. The number of anilines is 1. The predicted molar refractivity (Wildman–Crippen MR) is 484 cm³/mol. The maximum absolute atomic E-state index is 12.3. The van der Waals surface area contributed by atoms with Gasteiger partial charge in [0.2, 0.25) is 5.95 Å². The van der Waals surface area contributed by atoms with Gasteiger partial charge in [-0.1, -0.05) is 251 Å². The number of hydrogen-bond acceptors (Lipinski definition) is 19. The average molecular weight is 1590 g/mol. The molecule has 20 nitrogen and oxygen atoms in total. The lowest BCUT2D eigenvalue weighted by molar-refractivity contribution is 0.378. The fourth-order valence-electron chi connectivity index (χ4n) is 8.61. The zero-order chi connectivity index (χ0) is 83.8. The molecular weight excluding hydrogens is 1430 g/mol. The molecule has 0 saturated carbocycles.